The maximum Gasteiger partial charge on any atom is 0.252 e. The van der Waals surface area contributed by atoms with Crippen LogP contribution < -0.4 is 5.73 Å². The Balaban J connectivity index is 1.85. The fourth-order valence-corrected chi connectivity index (χ4v) is 6.17. The Hall–Kier alpha value is 0.150. The Morgan fingerprint density at radius 1 is 1.32 bits per heavy atom. The zero-order valence-corrected chi connectivity index (χ0v) is 13.2. The number of nitrogens with two attached hydrogens (primary N) is 1. The Morgan fingerprint density at radius 2 is 2.00 bits per heavy atom. The zero-order valence-electron chi connectivity index (χ0n) is 10.1. The second-order valence-corrected chi connectivity index (χ2v) is 9.40. The third kappa shape index (κ3) is 2.54. The van der Waals surface area contributed by atoms with E-state index in [0.717, 1.165) is 11.3 Å². The maximum atomic E-state index is 12.5. The van der Waals surface area contributed by atoms with Gasteiger partial charge in [-0.25, -0.2) is 8.42 Å². The van der Waals surface area contributed by atoms with Gasteiger partial charge < -0.3 is 5.73 Å². The van der Waals surface area contributed by atoms with Gasteiger partial charge in [0, 0.05) is 19.1 Å². The summed E-state index contributed by atoms with van der Waals surface area (Å²) in [5, 5.41) is 0.285. The van der Waals surface area contributed by atoms with Crippen molar-refractivity contribution in [3.63, 3.8) is 0 Å². The number of rotatable bonds is 3. The second-order valence-electron chi connectivity index (χ2n) is 5.17. The zero-order chi connectivity index (χ0) is 13.8. The van der Waals surface area contributed by atoms with Crippen LogP contribution in [0.15, 0.2) is 10.3 Å². The van der Waals surface area contributed by atoms with Gasteiger partial charge in [0.05, 0.1) is 5.02 Å². The largest absolute Gasteiger partial charge is 0.326 e. The number of nitrogens with zero attached hydrogens (tertiary/aromatic N) is 1. The van der Waals surface area contributed by atoms with E-state index in [-0.39, 0.29) is 15.3 Å². The topological polar surface area (TPSA) is 63.4 Å². The van der Waals surface area contributed by atoms with Gasteiger partial charge in [-0.3, -0.25) is 0 Å². The molecule has 0 amide bonds. The number of thiophene rings is 1. The van der Waals surface area contributed by atoms with Crippen molar-refractivity contribution in [1.29, 1.82) is 0 Å². The van der Waals surface area contributed by atoms with Crippen LogP contribution in [0.1, 0.15) is 12.8 Å². The van der Waals surface area contributed by atoms with Crippen LogP contribution in [-0.4, -0.2) is 31.9 Å². The highest BCUT2D eigenvalue weighted by atomic mass is 35.5. The lowest BCUT2D eigenvalue weighted by Gasteiger charge is -2.14. The van der Waals surface area contributed by atoms with Crippen molar-refractivity contribution in [2.45, 2.75) is 23.1 Å². The van der Waals surface area contributed by atoms with Crippen molar-refractivity contribution in [2.75, 3.05) is 13.1 Å². The van der Waals surface area contributed by atoms with E-state index in [4.69, 9.17) is 28.9 Å². The van der Waals surface area contributed by atoms with Crippen LogP contribution in [0.2, 0.25) is 9.36 Å². The summed E-state index contributed by atoms with van der Waals surface area (Å²) < 4.78 is 27.0. The Bertz CT molecular complexity index is 578. The number of sulfonamides is 1. The molecular weight excluding hydrogens is 327 g/mol. The van der Waals surface area contributed by atoms with E-state index in [1.165, 1.54) is 23.2 Å². The minimum absolute atomic E-state index is 0.0619. The molecule has 8 heteroatoms. The van der Waals surface area contributed by atoms with Crippen LogP contribution in [0.3, 0.4) is 0 Å². The summed E-state index contributed by atoms with van der Waals surface area (Å²) in [7, 11) is -3.51. The highest BCUT2D eigenvalue weighted by Gasteiger charge is 2.44. The predicted molar refractivity (Wildman–Crippen MR) is 77.3 cm³/mol. The van der Waals surface area contributed by atoms with Crippen LogP contribution in [0, 0.1) is 11.8 Å². The Kier molecular flexibility index (Phi) is 3.61. The highest BCUT2D eigenvalue weighted by Crippen LogP contribution is 2.43. The van der Waals surface area contributed by atoms with Gasteiger partial charge in [0.2, 0.25) is 0 Å². The first-order valence-electron chi connectivity index (χ1n) is 6.10. The minimum atomic E-state index is -3.51. The molecule has 19 heavy (non-hydrogen) atoms. The molecule has 0 unspecified atom stereocenters. The third-order valence-electron chi connectivity index (χ3n) is 3.82. The van der Waals surface area contributed by atoms with Gasteiger partial charge >= 0.3 is 0 Å². The molecule has 0 radical (unpaired) electrons. The van der Waals surface area contributed by atoms with E-state index in [1.807, 2.05) is 0 Å². The molecule has 106 valence electrons. The molecule has 2 heterocycles. The fourth-order valence-electron chi connectivity index (χ4n) is 2.62. The number of hydrogen-bond donors (Lipinski definition) is 1. The molecule has 2 fully saturated rings. The first-order chi connectivity index (χ1) is 8.89. The molecule has 1 aliphatic carbocycles. The summed E-state index contributed by atoms with van der Waals surface area (Å²) in [6.07, 6.45) is 2.34. The molecule has 2 atom stereocenters. The van der Waals surface area contributed by atoms with Crippen molar-refractivity contribution >= 4 is 44.6 Å². The molecule has 0 aromatic carbocycles. The number of halogens is 2. The van der Waals surface area contributed by atoms with Crippen LogP contribution >= 0.6 is 34.5 Å². The van der Waals surface area contributed by atoms with Gasteiger partial charge in [-0.1, -0.05) is 23.2 Å². The molecule has 2 N–H and O–H groups in total. The van der Waals surface area contributed by atoms with E-state index in [2.05, 4.69) is 0 Å². The average molecular weight is 341 g/mol. The van der Waals surface area contributed by atoms with Crippen LogP contribution in [0.25, 0.3) is 0 Å². The maximum absolute atomic E-state index is 12.5. The normalized spacial score (nSPS) is 29.0. The molecule has 1 aliphatic heterocycles. The molecule has 0 bridgehead atoms. The molecule has 1 aromatic rings. The summed E-state index contributed by atoms with van der Waals surface area (Å²) in [5.74, 6) is 0.895. The highest BCUT2D eigenvalue weighted by molar-refractivity contribution is 7.91. The van der Waals surface area contributed by atoms with Crippen molar-refractivity contribution in [3.05, 3.63) is 15.4 Å². The lowest BCUT2D eigenvalue weighted by atomic mass is 9.99. The van der Waals surface area contributed by atoms with Crippen molar-refractivity contribution in [3.8, 4) is 0 Å². The lowest BCUT2D eigenvalue weighted by molar-refractivity contribution is 0.428. The quantitative estimate of drug-likeness (QED) is 0.918. The van der Waals surface area contributed by atoms with E-state index >= 15 is 0 Å². The molecule has 1 saturated heterocycles. The van der Waals surface area contributed by atoms with Gasteiger partial charge in [0.25, 0.3) is 10.0 Å². The molecule has 1 aromatic heterocycles. The van der Waals surface area contributed by atoms with Gasteiger partial charge in [0.15, 0.2) is 0 Å². The minimum Gasteiger partial charge on any atom is -0.326 e. The van der Waals surface area contributed by atoms with E-state index < -0.39 is 10.0 Å². The fraction of sp³-hybridized carbons (Fsp3) is 0.636. The monoisotopic (exact) mass is 340 g/mol. The first kappa shape index (κ1) is 14.1. The van der Waals surface area contributed by atoms with Crippen LogP contribution in [0.5, 0.6) is 0 Å². The van der Waals surface area contributed by atoms with Gasteiger partial charge in [-0.15, -0.1) is 11.3 Å². The molecular formula is C11H14Cl2N2O2S2. The third-order valence-corrected chi connectivity index (χ3v) is 7.97. The molecule has 0 spiro atoms. The van der Waals surface area contributed by atoms with E-state index in [9.17, 15) is 8.42 Å². The molecule has 4 nitrogen and oxygen atoms in total. The van der Waals surface area contributed by atoms with Crippen molar-refractivity contribution in [1.82, 2.24) is 4.31 Å². The van der Waals surface area contributed by atoms with Gasteiger partial charge in [0.1, 0.15) is 8.55 Å². The van der Waals surface area contributed by atoms with Crippen molar-refractivity contribution in [2.24, 2.45) is 17.6 Å². The standard InChI is InChI=1S/C11H14Cl2N2O2S2/c12-8-3-10(18-11(8)13)19(16,17)15-4-7(6-1-2-6)9(14)5-15/h3,6-7,9H,1-2,4-5,14H2/t7-,9+/m1/s1. The van der Waals surface area contributed by atoms with E-state index in [1.54, 1.807) is 0 Å². The summed E-state index contributed by atoms with van der Waals surface area (Å²) in [5.41, 5.74) is 6.07. The van der Waals surface area contributed by atoms with Gasteiger partial charge in [-0.05, 0) is 30.7 Å². The van der Waals surface area contributed by atoms with E-state index in [0.29, 0.717) is 29.3 Å². The smallest absolute Gasteiger partial charge is 0.252 e. The molecule has 3 rings (SSSR count). The molecule has 2 aliphatic rings. The molecule has 1 saturated carbocycles. The summed E-state index contributed by atoms with van der Waals surface area (Å²) in [6.45, 7) is 0.901. The second kappa shape index (κ2) is 4.86. The average Bonchev–Trinajstić information content (AvgIpc) is 3.02. The van der Waals surface area contributed by atoms with Gasteiger partial charge in [-0.2, -0.15) is 4.31 Å². The van der Waals surface area contributed by atoms with Crippen LogP contribution in [-0.2, 0) is 10.0 Å². The summed E-state index contributed by atoms with van der Waals surface area (Å²) >= 11 is 12.7. The summed E-state index contributed by atoms with van der Waals surface area (Å²) in [6, 6.07) is 1.35. The van der Waals surface area contributed by atoms with Crippen LogP contribution in [0.4, 0.5) is 0 Å². The summed E-state index contributed by atoms with van der Waals surface area (Å²) in [4.78, 5) is 0. The first-order valence-corrected chi connectivity index (χ1v) is 9.11. The van der Waals surface area contributed by atoms with Crippen molar-refractivity contribution < 1.29 is 8.42 Å². The predicted octanol–water partition coefficient (Wildman–Crippen LogP) is 2.41. The Morgan fingerprint density at radius 3 is 2.53 bits per heavy atom. The lowest BCUT2D eigenvalue weighted by Crippen LogP contribution is -2.32. The number of hydrogen-bond acceptors (Lipinski definition) is 4. The SMILES string of the molecule is N[C@H]1CN(S(=O)(=O)c2cc(Cl)c(Cl)s2)C[C@@H]1C1CC1. The Labute approximate surface area is 126 Å².